The van der Waals surface area contributed by atoms with Gasteiger partial charge in [0.1, 0.15) is 5.75 Å². The number of hydrogen-bond donors (Lipinski definition) is 1. The van der Waals surface area contributed by atoms with Crippen LogP contribution in [0.3, 0.4) is 0 Å². The van der Waals surface area contributed by atoms with Gasteiger partial charge < -0.3 is 10.1 Å². The first-order valence-electron chi connectivity index (χ1n) is 9.02. The number of nitrogens with zero attached hydrogens (tertiary/aromatic N) is 1. The van der Waals surface area contributed by atoms with Crippen LogP contribution in [0.1, 0.15) is 43.5 Å². The lowest BCUT2D eigenvalue weighted by Gasteiger charge is -2.26. The third-order valence-corrected chi connectivity index (χ3v) is 6.88. The summed E-state index contributed by atoms with van der Waals surface area (Å²) in [4.78, 5) is 12.6. The number of rotatable bonds is 6. The molecular formula is C19H24N2O4S2. The topological polar surface area (TPSA) is 75.7 Å². The highest BCUT2D eigenvalue weighted by molar-refractivity contribution is 7.89. The SMILES string of the molecule is CC(C)Oc1ccc(S(=O)(=O)N2CCCCC2)cc1NC(=O)c1ccsc1. The van der Waals surface area contributed by atoms with E-state index in [-0.39, 0.29) is 16.9 Å². The van der Waals surface area contributed by atoms with Gasteiger partial charge in [0.05, 0.1) is 22.3 Å². The summed E-state index contributed by atoms with van der Waals surface area (Å²) in [7, 11) is -3.59. The molecule has 1 aliphatic heterocycles. The van der Waals surface area contributed by atoms with E-state index in [0.717, 1.165) is 19.3 Å². The fraction of sp³-hybridized carbons (Fsp3) is 0.421. The summed E-state index contributed by atoms with van der Waals surface area (Å²) in [5.41, 5.74) is 0.887. The molecule has 2 heterocycles. The number of nitrogens with one attached hydrogen (secondary N) is 1. The van der Waals surface area contributed by atoms with E-state index in [1.54, 1.807) is 23.6 Å². The largest absolute Gasteiger partial charge is 0.489 e. The third kappa shape index (κ3) is 4.69. The number of ether oxygens (including phenoxy) is 1. The van der Waals surface area contributed by atoms with E-state index in [1.807, 2.05) is 19.2 Å². The lowest BCUT2D eigenvalue weighted by Crippen LogP contribution is -2.35. The van der Waals surface area contributed by atoms with Crippen molar-refractivity contribution in [1.29, 1.82) is 0 Å². The van der Waals surface area contributed by atoms with Crippen molar-refractivity contribution in [2.75, 3.05) is 18.4 Å². The van der Waals surface area contributed by atoms with Crippen LogP contribution >= 0.6 is 11.3 Å². The van der Waals surface area contributed by atoms with Gasteiger partial charge in [-0.2, -0.15) is 15.6 Å². The highest BCUT2D eigenvalue weighted by atomic mass is 32.2. The zero-order valence-electron chi connectivity index (χ0n) is 15.5. The first-order valence-corrected chi connectivity index (χ1v) is 11.4. The van der Waals surface area contributed by atoms with Gasteiger partial charge in [-0.1, -0.05) is 6.42 Å². The summed E-state index contributed by atoms with van der Waals surface area (Å²) >= 11 is 1.42. The molecule has 0 spiro atoms. The normalized spacial score (nSPS) is 15.7. The molecule has 27 heavy (non-hydrogen) atoms. The quantitative estimate of drug-likeness (QED) is 0.785. The maximum atomic E-state index is 13.0. The van der Waals surface area contributed by atoms with E-state index in [0.29, 0.717) is 30.1 Å². The van der Waals surface area contributed by atoms with Crippen LogP contribution in [0.5, 0.6) is 5.75 Å². The molecule has 3 rings (SSSR count). The number of sulfonamides is 1. The van der Waals surface area contributed by atoms with Crippen molar-refractivity contribution in [3.8, 4) is 5.75 Å². The fourth-order valence-corrected chi connectivity index (χ4v) is 5.15. The van der Waals surface area contributed by atoms with E-state index in [1.165, 1.54) is 21.7 Å². The molecule has 1 N–H and O–H groups in total. The number of piperidine rings is 1. The minimum absolute atomic E-state index is 0.105. The number of hydrogen-bond acceptors (Lipinski definition) is 5. The summed E-state index contributed by atoms with van der Waals surface area (Å²) < 4.78 is 33.2. The van der Waals surface area contributed by atoms with Crippen LogP contribution in [0.25, 0.3) is 0 Å². The van der Waals surface area contributed by atoms with Gasteiger partial charge in [-0.05, 0) is 56.3 Å². The van der Waals surface area contributed by atoms with Crippen molar-refractivity contribution >= 4 is 33.0 Å². The Morgan fingerprint density at radius 1 is 1.19 bits per heavy atom. The van der Waals surface area contributed by atoms with Gasteiger partial charge in [-0.3, -0.25) is 4.79 Å². The van der Waals surface area contributed by atoms with Crippen molar-refractivity contribution in [1.82, 2.24) is 4.31 Å². The fourth-order valence-electron chi connectivity index (χ4n) is 2.97. The van der Waals surface area contributed by atoms with E-state index < -0.39 is 10.0 Å². The van der Waals surface area contributed by atoms with E-state index in [2.05, 4.69) is 5.32 Å². The second-order valence-corrected chi connectivity index (χ2v) is 9.47. The average Bonchev–Trinajstić information content (AvgIpc) is 3.18. The molecule has 0 bridgehead atoms. The molecular weight excluding hydrogens is 384 g/mol. The highest BCUT2D eigenvalue weighted by Gasteiger charge is 2.27. The molecule has 1 aliphatic rings. The van der Waals surface area contributed by atoms with E-state index in [4.69, 9.17) is 4.74 Å². The summed E-state index contributed by atoms with van der Waals surface area (Å²) in [5.74, 6) is 0.156. The standard InChI is InChI=1S/C19H24N2O4S2/c1-14(2)25-18-7-6-16(27(23,24)21-9-4-3-5-10-21)12-17(18)20-19(22)15-8-11-26-13-15/h6-8,11-14H,3-5,9-10H2,1-2H3,(H,20,22). The van der Waals surface area contributed by atoms with Crippen molar-refractivity contribution < 1.29 is 17.9 Å². The second kappa shape index (κ2) is 8.41. The zero-order valence-corrected chi connectivity index (χ0v) is 17.1. The van der Waals surface area contributed by atoms with Crippen LogP contribution in [-0.4, -0.2) is 37.8 Å². The third-order valence-electron chi connectivity index (χ3n) is 4.30. The Kier molecular flexibility index (Phi) is 6.18. The first-order chi connectivity index (χ1) is 12.9. The Labute approximate surface area is 164 Å². The molecule has 6 nitrogen and oxygen atoms in total. The van der Waals surface area contributed by atoms with Crippen molar-refractivity contribution in [3.63, 3.8) is 0 Å². The molecule has 1 amide bonds. The molecule has 8 heteroatoms. The number of anilines is 1. The summed E-state index contributed by atoms with van der Waals surface area (Å²) in [6.45, 7) is 4.82. The van der Waals surface area contributed by atoms with Gasteiger partial charge in [0.25, 0.3) is 5.91 Å². The van der Waals surface area contributed by atoms with Crippen LogP contribution in [-0.2, 0) is 10.0 Å². The van der Waals surface area contributed by atoms with Crippen molar-refractivity contribution in [3.05, 3.63) is 40.6 Å². The first kappa shape index (κ1) is 19.9. The molecule has 0 aliphatic carbocycles. The Bertz CT molecular complexity index is 886. The molecule has 2 aromatic rings. The minimum Gasteiger partial charge on any atom is -0.489 e. The molecule has 1 aromatic heterocycles. The van der Waals surface area contributed by atoms with Crippen LogP contribution in [0.2, 0.25) is 0 Å². The Morgan fingerprint density at radius 2 is 1.93 bits per heavy atom. The molecule has 0 atom stereocenters. The second-order valence-electron chi connectivity index (χ2n) is 6.76. The Hall–Kier alpha value is -1.90. The van der Waals surface area contributed by atoms with Gasteiger partial charge in [0, 0.05) is 18.5 Å². The number of thiophene rings is 1. The van der Waals surface area contributed by atoms with Crippen molar-refractivity contribution in [2.24, 2.45) is 0 Å². The lowest BCUT2D eigenvalue weighted by molar-refractivity contribution is 0.102. The van der Waals surface area contributed by atoms with Crippen LogP contribution in [0.4, 0.5) is 5.69 Å². The number of amides is 1. The number of carbonyl (C=O) groups excluding carboxylic acids is 1. The van der Waals surface area contributed by atoms with Gasteiger partial charge in [0.2, 0.25) is 10.0 Å². The Balaban J connectivity index is 1.93. The van der Waals surface area contributed by atoms with E-state index >= 15 is 0 Å². The van der Waals surface area contributed by atoms with Crippen LogP contribution in [0, 0.1) is 0 Å². The Morgan fingerprint density at radius 3 is 2.56 bits per heavy atom. The molecule has 1 saturated heterocycles. The molecule has 0 unspecified atom stereocenters. The number of carbonyl (C=O) groups is 1. The highest BCUT2D eigenvalue weighted by Crippen LogP contribution is 2.31. The lowest BCUT2D eigenvalue weighted by atomic mass is 10.2. The average molecular weight is 409 g/mol. The zero-order chi connectivity index (χ0) is 19.4. The maximum Gasteiger partial charge on any atom is 0.256 e. The van der Waals surface area contributed by atoms with Gasteiger partial charge >= 0.3 is 0 Å². The predicted octanol–water partition coefficient (Wildman–Crippen LogP) is 3.96. The minimum atomic E-state index is -3.59. The van der Waals surface area contributed by atoms with Crippen molar-refractivity contribution in [2.45, 2.75) is 44.1 Å². The number of benzene rings is 1. The van der Waals surface area contributed by atoms with E-state index in [9.17, 15) is 13.2 Å². The van der Waals surface area contributed by atoms with Crippen LogP contribution in [0.15, 0.2) is 39.9 Å². The van der Waals surface area contributed by atoms with Gasteiger partial charge in [-0.15, -0.1) is 0 Å². The summed E-state index contributed by atoms with van der Waals surface area (Å²) in [6.07, 6.45) is 2.69. The molecule has 0 saturated carbocycles. The van der Waals surface area contributed by atoms with Gasteiger partial charge in [0.15, 0.2) is 0 Å². The predicted molar refractivity (Wildman–Crippen MR) is 107 cm³/mol. The summed E-state index contributed by atoms with van der Waals surface area (Å²) in [5, 5.41) is 6.35. The maximum absolute atomic E-state index is 13.0. The summed E-state index contributed by atoms with van der Waals surface area (Å²) in [6, 6.07) is 6.37. The smallest absolute Gasteiger partial charge is 0.256 e. The molecule has 1 fully saturated rings. The molecule has 0 radical (unpaired) electrons. The van der Waals surface area contributed by atoms with Gasteiger partial charge in [-0.25, -0.2) is 8.42 Å². The monoisotopic (exact) mass is 408 g/mol. The molecule has 146 valence electrons. The molecule has 1 aromatic carbocycles. The van der Waals surface area contributed by atoms with Crippen LogP contribution < -0.4 is 10.1 Å².